The van der Waals surface area contributed by atoms with E-state index in [1.165, 1.54) is 11.1 Å². The molecule has 4 heterocycles. The van der Waals surface area contributed by atoms with Crippen LogP contribution in [0.1, 0.15) is 50.1 Å². The zero-order chi connectivity index (χ0) is 22.9. The number of aryl methyl sites for hydroxylation is 1. The number of rotatable bonds is 4. The van der Waals surface area contributed by atoms with Crippen LogP contribution in [0.25, 0.3) is 11.2 Å². The Bertz CT molecular complexity index is 1220. The summed E-state index contributed by atoms with van der Waals surface area (Å²) in [6.45, 7) is 7.80. The van der Waals surface area contributed by atoms with Crippen LogP contribution in [0.4, 0.5) is 5.82 Å². The van der Waals surface area contributed by atoms with E-state index in [4.69, 9.17) is 25.8 Å². The highest BCUT2D eigenvalue weighted by Crippen LogP contribution is 2.45. The largest absolute Gasteiger partial charge is 0.351 e. The van der Waals surface area contributed by atoms with Crippen molar-refractivity contribution in [2.45, 2.75) is 69.5 Å². The monoisotopic (exact) mass is 469 g/mol. The Kier molecular flexibility index (Phi) is 4.88. The van der Waals surface area contributed by atoms with Gasteiger partial charge in [-0.05, 0) is 55.8 Å². The van der Waals surface area contributed by atoms with Gasteiger partial charge in [-0.2, -0.15) is 14.6 Å². The van der Waals surface area contributed by atoms with E-state index in [1.807, 2.05) is 20.9 Å². The Morgan fingerprint density at radius 3 is 2.82 bits per heavy atom. The third kappa shape index (κ3) is 3.32. The molecule has 2 aliphatic heterocycles. The first-order valence-electron chi connectivity index (χ1n) is 11.3. The molecule has 3 aromatic rings. The summed E-state index contributed by atoms with van der Waals surface area (Å²) in [7, 11) is 2.02. The highest BCUT2D eigenvalue weighted by atomic mass is 35.5. The molecule has 0 amide bonds. The lowest BCUT2D eigenvalue weighted by molar-refractivity contribution is -0.197. The number of halogens is 1. The van der Waals surface area contributed by atoms with Gasteiger partial charge < -0.3 is 19.1 Å². The predicted molar refractivity (Wildman–Crippen MR) is 122 cm³/mol. The summed E-state index contributed by atoms with van der Waals surface area (Å²) in [6, 6.07) is 8.68. The van der Waals surface area contributed by atoms with Gasteiger partial charge in [-0.15, -0.1) is 5.10 Å². The maximum atomic E-state index is 6.40. The van der Waals surface area contributed by atoms with Crippen molar-refractivity contribution in [2.75, 3.05) is 11.9 Å². The zero-order valence-electron chi connectivity index (χ0n) is 18.8. The van der Waals surface area contributed by atoms with Gasteiger partial charge in [0.2, 0.25) is 5.28 Å². The first kappa shape index (κ1) is 21.2. The van der Waals surface area contributed by atoms with E-state index in [1.54, 1.807) is 4.68 Å². The molecule has 2 aromatic heterocycles. The van der Waals surface area contributed by atoms with Gasteiger partial charge in [0.1, 0.15) is 12.2 Å². The maximum absolute atomic E-state index is 6.40. The van der Waals surface area contributed by atoms with Crippen molar-refractivity contribution in [3.63, 3.8) is 0 Å². The normalized spacial score (nSPS) is 30.0. The second kappa shape index (κ2) is 7.59. The highest BCUT2D eigenvalue weighted by Gasteiger charge is 2.56. The molecule has 2 saturated heterocycles. The Morgan fingerprint density at radius 1 is 1.21 bits per heavy atom. The van der Waals surface area contributed by atoms with Crippen LogP contribution < -0.4 is 4.90 Å². The first-order valence-corrected chi connectivity index (χ1v) is 11.6. The molecule has 0 saturated carbocycles. The standard InChI is InChI=1S/C23H26ClN6O3/c1-5-15-17-18(33-23(2,3)32-17)21(31-15)30-20-16(27-28-30)19(25-22(24)26-20)29(4)14-11-10-12-8-6-7-9-13(12)14/h6-9,14-15,17-18,21H,1,5,10-11H2,2-4H3/t14-,15+,17+,18+,21+/m0/s1. The molecule has 0 bridgehead atoms. The SMILES string of the molecule is [CH2]C[C@H]1O[C@@H](n2nnc3c(N(C)[C@H]4CCc5ccccc54)nc(Cl)nc32)[C@@H]2OC(C)(C)O[C@@H]21. The molecule has 6 rings (SSSR count). The summed E-state index contributed by atoms with van der Waals surface area (Å²) in [5.74, 6) is -0.0696. The van der Waals surface area contributed by atoms with Crippen LogP contribution in [0.15, 0.2) is 24.3 Å². The minimum absolute atomic E-state index is 0.131. The van der Waals surface area contributed by atoms with Gasteiger partial charge in [0.25, 0.3) is 0 Å². The second-order valence-corrected chi connectivity index (χ2v) is 9.64. The van der Waals surface area contributed by atoms with Crippen molar-refractivity contribution in [1.82, 2.24) is 25.0 Å². The van der Waals surface area contributed by atoms with Crippen molar-refractivity contribution < 1.29 is 14.2 Å². The Labute approximate surface area is 197 Å². The summed E-state index contributed by atoms with van der Waals surface area (Å²) in [4.78, 5) is 11.1. The fraction of sp³-hybridized carbons (Fsp3) is 0.522. The van der Waals surface area contributed by atoms with Gasteiger partial charge in [-0.1, -0.05) is 36.4 Å². The van der Waals surface area contributed by atoms with Crippen molar-refractivity contribution in [1.29, 1.82) is 0 Å². The third-order valence-corrected chi connectivity index (χ3v) is 7.00. The zero-order valence-corrected chi connectivity index (χ0v) is 19.6. The van der Waals surface area contributed by atoms with Crippen molar-refractivity contribution >= 4 is 28.6 Å². The van der Waals surface area contributed by atoms with Gasteiger partial charge in [-0.3, -0.25) is 0 Å². The maximum Gasteiger partial charge on any atom is 0.226 e. The minimum atomic E-state index is -0.713. The van der Waals surface area contributed by atoms with Crippen LogP contribution in [0.5, 0.6) is 0 Å². The van der Waals surface area contributed by atoms with E-state index >= 15 is 0 Å². The number of nitrogens with zero attached hydrogens (tertiary/aromatic N) is 6. The molecule has 0 spiro atoms. The van der Waals surface area contributed by atoms with Crippen molar-refractivity contribution in [3.8, 4) is 0 Å². The van der Waals surface area contributed by atoms with Gasteiger partial charge >= 0.3 is 0 Å². The van der Waals surface area contributed by atoms with Crippen LogP contribution in [0.3, 0.4) is 0 Å². The molecule has 3 aliphatic rings. The molecule has 1 aromatic carbocycles. The summed E-state index contributed by atoms with van der Waals surface area (Å²) < 4.78 is 20.1. The number of benzene rings is 1. The Morgan fingerprint density at radius 2 is 2.00 bits per heavy atom. The molecule has 173 valence electrons. The third-order valence-electron chi connectivity index (χ3n) is 6.83. The Hall–Kier alpha value is -2.33. The molecule has 10 heteroatoms. The Balaban J connectivity index is 1.40. The summed E-state index contributed by atoms with van der Waals surface area (Å²) in [5.41, 5.74) is 3.74. The van der Waals surface area contributed by atoms with Crippen LogP contribution in [-0.4, -0.2) is 56.1 Å². The number of anilines is 1. The lowest BCUT2D eigenvalue weighted by atomic mass is 10.1. The number of hydrogen-bond acceptors (Lipinski definition) is 8. The predicted octanol–water partition coefficient (Wildman–Crippen LogP) is 3.64. The van der Waals surface area contributed by atoms with Gasteiger partial charge in [0.05, 0.1) is 12.1 Å². The average Bonchev–Trinajstić information content (AvgIpc) is 3.53. The van der Waals surface area contributed by atoms with E-state index in [-0.39, 0.29) is 29.6 Å². The van der Waals surface area contributed by atoms with Crippen LogP contribution >= 0.6 is 11.6 Å². The lowest BCUT2D eigenvalue weighted by Gasteiger charge is -2.26. The lowest BCUT2D eigenvalue weighted by Crippen LogP contribution is -2.29. The van der Waals surface area contributed by atoms with Gasteiger partial charge in [0.15, 0.2) is 29.0 Å². The fourth-order valence-electron chi connectivity index (χ4n) is 5.38. The fourth-order valence-corrected chi connectivity index (χ4v) is 5.54. The van der Waals surface area contributed by atoms with E-state index < -0.39 is 12.0 Å². The summed E-state index contributed by atoms with van der Waals surface area (Å²) in [5, 5.41) is 8.99. The van der Waals surface area contributed by atoms with Crippen molar-refractivity contribution in [2.24, 2.45) is 0 Å². The van der Waals surface area contributed by atoms with E-state index in [0.29, 0.717) is 23.4 Å². The topological polar surface area (TPSA) is 87.4 Å². The van der Waals surface area contributed by atoms with Gasteiger partial charge in [-0.25, -0.2) is 0 Å². The molecule has 33 heavy (non-hydrogen) atoms. The molecule has 0 N–H and O–H groups in total. The van der Waals surface area contributed by atoms with Crippen LogP contribution in [0, 0.1) is 6.92 Å². The molecule has 5 atom stereocenters. The summed E-state index contributed by atoms with van der Waals surface area (Å²) >= 11 is 6.40. The molecule has 2 fully saturated rings. The second-order valence-electron chi connectivity index (χ2n) is 9.31. The molecule has 1 radical (unpaired) electrons. The van der Waals surface area contributed by atoms with E-state index in [0.717, 1.165) is 12.8 Å². The first-order chi connectivity index (χ1) is 15.9. The average molecular weight is 470 g/mol. The number of hydrogen-bond donors (Lipinski definition) is 0. The highest BCUT2D eigenvalue weighted by molar-refractivity contribution is 6.28. The number of fused-ring (bicyclic) bond motifs is 3. The van der Waals surface area contributed by atoms with Gasteiger partial charge in [0, 0.05) is 7.05 Å². The molecule has 1 aliphatic carbocycles. The molecule has 0 unspecified atom stereocenters. The quantitative estimate of drug-likeness (QED) is 0.535. The van der Waals surface area contributed by atoms with E-state index in [9.17, 15) is 0 Å². The minimum Gasteiger partial charge on any atom is -0.351 e. The van der Waals surface area contributed by atoms with E-state index in [2.05, 4.69) is 56.4 Å². The van der Waals surface area contributed by atoms with Crippen molar-refractivity contribution in [3.05, 3.63) is 47.6 Å². The molecular formula is C23H26ClN6O3. The number of aromatic nitrogens is 5. The van der Waals surface area contributed by atoms with Crippen LogP contribution in [0.2, 0.25) is 5.28 Å². The summed E-state index contributed by atoms with van der Waals surface area (Å²) in [6.07, 6.45) is 1.21. The molecular weight excluding hydrogens is 444 g/mol. The molecule has 9 nitrogen and oxygen atoms in total. The number of ether oxygens (including phenoxy) is 3. The van der Waals surface area contributed by atoms with Crippen LogP contribution in [-0.2, 0) is 20.6 Å². The smallest absolute Gasteiger partial charge is 0.226 e.